The van der Waals surface area contributed by atoms with Crippen molar-refractivity contribution in [2.45, 2.75) is 104 Å². The molecule has 0 aliphatic heterocycles. The maximum Gasteiger partial charge on any atom is 0.315 e. The van der Waals surface area contributed by atoms with E-state index >= 15 is 0 Å². The van der Waals surface area contributed by atoms with Gasteiger partial charge in [0.1, 0.15) is 18.1 Å². The molecule has 8 atom stereocenters. The summed E-state index contributed by atoms with van der Waals surface area (Å²) in [6.07, 6.45) is 6.27. The molecule has 0 saturated heterocycles. The predicted octanol–water partition coefficient (Wildman–Crippen LogP) is 5.62. The molecule has 0 spiro atoms. The first kappa shape index (κ1) is 27.4. The molecule has 0 heterocycles. The van der Waals surface area contributed by atoms with Crippen LogP contribution in [0.3, 0.4) is 0 Å². The first-order valence-electron chi connectivity index (χ1n) is 13.5. The first-order valence-corrected chi connectivity index (χ1v) is 13.5. The van der Waals surface area contributed by atoms with Gasteiger partial charge in [-0.25, -0.2) is 0 Å². The van der Waals surface area contributed by atoms with Gasteiger partial charge in [-0.05, 0) is 61.2 Å². The Hall–Kier alpha value is -1.14. The fourth-order valence-electron chi connectivity index (χ4n) is 6.72. The minimum atomic E-state index is -1.13. The van der Waals surface area contributed by atoms with Crippen LogP contribution in [0.25, 0.3) is 0 Å². The Morgan fingerprint density at radius 1 is 0.735 bits per heavy atom. The number of rotatable bonds is 8. The van der Waals surface area contributed by atoms with E-state index < -0.39 is 17.6 Å². The Bertz CT molecular complexity index is 699. The molecule has 0 bridgehead atoms. The van der Waals surface area contributed by atoms with Crippen molar-refractivity contribution < 1.29 is 28.5 Å². The molecule has 0 amide bonds. The Morgan fingerprint density at radius 3 is 1.59 bits per heavy atom. The highest BCUT2D eigenvalue weighted by Crippen LogP contribution is 2.50. The Balaban J connectivity index is 1.74. The minimum absolute atomic E-state index is 0.0995. The molecule has 0 N–H and O–H groups in total. The molecule has 0 aromatic heterocycles. The summed E-state index contributed by atoms with van der Waals surface area (Å²) in [5.41, 5.74) is 0. The number of hydrogen-bond acceptors (Lipinski definition) is 6. The molecule has 3 rings (SSSR count). The number of esters is 2. The lowest BCUT2D eigenvalue weighted by Crippen LogP contribution is -2.63. The second-order valence-electron chi connectivity index (χ2n) is 12.1. The van der Waals surface area contributed by atoms with Gasteiger partial charge in [-0.15, -0.1) is 0 Å². The van der Waals surface area contributed by atoms with Crippen molar-refractivity contribution in [1.29, 1.82) is 0 Å². The molecule has 0 aromatic carbocycles. The normalized spacial score (nSPS) is 37.8. The molecule has 0 aromatic rings. The van der Waals surface area contributed by atoms with Crippen LogP contribution in [0.15, 0.2) is 0 Å². The second-order valence-corrected chi connectivity index (χ2v) is 12.1. The maximum atomic E-state index is 13.5. The smallest absolute Gasteiger partial charge is 0.315 e. The van der Waals surface area contributed by atoms with Gasteiger partial charge in [0, 0.05) is 20.6 Å². The van der Waals surface area contributed by atoms with Gasteiger partial charge in [0.2, 0.25) is 0 Å². The zero-order valence-corrected chi connectivity index (χ0v) is 22.7. The van der Waals surface area contributed by atoms with Crippen LogP contribution in [0, 0.1) is 47.3 Å². The fraction of sp³-hybridized carbons (Fsp3) is 0.929. The average molecular weight is 481 g/mol. The molecule has 0 radical (unpaired) electrons. The third-order valence-corrected chi connectivity index (χ3v) is 9.09. The van der Waals surface area contributed by atoms with Crippen molar-refractivity contribution in [1.82, 2.24) is 0 Å². The highest BCUT2D eigenvalue weighted by molar-refractivity contribution is 5.85. The number of methoxy groups -OCH3 is 2. The Labute approximate surface area is 206 Å². The van der Waals surface area contributed by atoms with E-state index in [9.17, 15) is 9.59 Å². The molecule has 34 heavy (non-hydrogen) atoms. The highest BCUT2D eigenvalue weighted by atomic mass is 16.7. The van der Waals surface area contributed by atoms with Crippen molar-refractivity contribution in [2.24, 2.45) is 47.3 Å². The second kappa shape index (κ2) is 11.3. The van der Waals surface area contributed by atoms with Crippen molar-refractivity contribution in [3.63, 3.8) is 0 Å². The molecule has 6 heteroatoms. The van der Waals surface area contributed by atoms with Crippen molar-refractivity contribution in [2.75, 3.05) is 14.2 Å². The molecular formula is C28H48O6. The van der Waals surface area contributed by atoms with Crippen molar-refractivity contribution in [3.05, 3.63) is 0 Å². The lowest BCUT2D eigenvalue weighted by atomic mass is 9.67. The predicted molar refractivity (Wildman–Crippen MR) is 131 cm³/mol. The number of hydrogen-bond donors (Lipinski definition) is 0. The van der Waals surface area contributed by atoms with Crippen molar-refractivity contribution >= 4 is 11.9 Å². The van der Waals surface area contributed by atoms with E-state index in [4.69, 9.17) is 18.9 Å². The Morgan fingerprint density at radius 2 is 1.18 bits per heavy atom. The third-order valence-electron chi connectivity index (χ3n) is 9.09. The van der Waals surface area contributed by atoms with E-state index in [-0.39, 0.29) is 24.1 Å². The number of carbonyl (C=O) groups is 2. The average Bonchev–Trinajstić information content (AvgIpc) is 2.73. The van der Waals surface area contributed by atoms with E-state index in [2.05, 4.69) is 41.5 Å². The van der Waals surface area contributed by atoms with Crippen LogP contribution < -0.4 is 0 Å². The van der Waals surface area contributed by atoms with E-state index in [1.165, 1.54) is 20.6 Å². The lowest BCUT2D eigenvalue weighted by molar-refractivity contribution is -0.308. The van der Waals surface area contributed by atoms with Gasteiger partial charge in [-0.3, -0.25) is 9.59 Å². The summed E-state index contributed by atoms with van der Waals surface area (Å²) in [6.45, 7) is 13.2. The summed E-state index contributed by atoms with van der Waals surface area (Å²) in [4.78, 5) is 26.9. The first-order chi connectivity index (χ1) is 16.0. The van der Waals surface area contributed by atoms with Crippen LogP contribution >= 0.6 is 0 Å². The summed E-state index contributed by atoms with van der Waals surface area (Å²) in [5, 5.41) is 0. The van der Waals surface area contributed by atoms with Crippen LogP contribution in [0.5, 0.6) is 0 Å². The summed E-state index contributed by atoms with van der Waals surface area (Å²) in [6, 6.07) is 0. The molecule has 6 nitrogen and oxygen atoms in total. The van der Waals surface area contributed by atoms with E-state index in [1.807, 2.05) is 0 Å². The van der Waals surface area contributed by atoms with Crippen molar-refractivity contribution in [3.8, 4) is 0 Å². The number of ether oxygens (including phenoxy) is 4. The summed E-state index contributed by atoms with van der Waals surface area (Å²) < 4.78 is 23.6. The lowest BCUT2D eigenvalue weighted by Gasteiger charge is -2.50. The molecular weight excluding hydrogens is 432 g/mol. The van der Waals surface area contributed by atoms with Gasteiger partial charge in [0.15, 0.2) is 5.79 Å². The van der Waals surface area contributed by atoms with Crippen LogP contribution in [0.1, 0.15) is 86.5 Å². The SMILES string of the molecule is COC1(OC)C[C@@H](C(=O)O[C@@H]2C[C@H](C)CC[C@H]2C(C)C)[C@H]1C(=O)O[C@@H]1C[C@H](C)CC[C@H]1C(C)C. The van der Waals surface area contributed by atoms with E-state index in [0.29, 0.717) is 41.9 Å². The molecule has 3 saturated carbocycles. The van der Waals surface area contributed by atoms with Crippen LogP contribution in [-0.4, -0.2) is 44.2 Å². The van der Waals surface area contributed by atoms with Crippen LogP contribution in [-0.2, 0) is 28.5 Å². The molecule has 3 fully saturated rings. The van der Waals surface area contributed by atoms with Gasteiger partial charge in [-0.1, -0.05) is 54.4 Å². The summed E-state index contributed by atoms with van der Waals surface area (Å²) >= 11 is 0. The quantitative estimate of drug-likeness (QED) is 0.332. The monoisotopic (exact) mass is 480 g/mol. The zero-order valence-electron chi connectivity index (χ0n) is 22.7. The summed E-state index contributed by atoms with van der Waals surface area (Å²) in [7, 11) is 3.06. The largest absolute Gasteiger partial charge is 0.462 e. The van der Waals surface area contributed by atoms with E-state index in [1.54, 1.807) is 0 Å². The van der Waals surface area contributed by atoms with E-state index in [0.717, 1.165) is 32.1 Å². The fourth-order valence-corrected chi connectivity index (χ4v) is 6.72. The molecule has 196 valence electrons. The van der Waals surface area contributed by atoms with Gasteiger partial charge in [0.25, 0.3) is 0 Å². The van der Waals surface area contributed by atoms with Crippen LogP contribution in [0.4, 0.5) is 0 Å². The van der Waals surface area contributed by atoms with Gasteiger partial charge < -0.3 is 18.9 Å². The minimum Gasteiger partial charge on any atom is -0.462 e. The molecule has 0 unspecified atom stereocenters. The highest BCUT2D eigenvalue weighted by Gasteiger charge is 2.64. The number of carbonyl (C=O) groups excluding carboxylic acids is 2. The third kappa shape index (κ3) is 5.64. The van der Waals surface area contributed by atoms with Gasteiger partial charge >= 0.3 is 11.9 Å². The summed E-state index contributed by atoms with van der Waals surface area (Å²) in [5.74, 6) is -0.613. The van der Waals surface area contributed by atoms with Crippen LogP contribution in [0.2, 0.25) is 0 Å². The molecule has 3 aliphatic rings. The Kier molecular flexibility index (Phi) is 9.11. The van der Waals surface area contributed by atoms with Gasteiger partial charge in [-0.2, -0.15) is 0 Å². The topological polar surface area (TPSA) is 71.1 Å². The standard InChI is InChI=1S/C28H48O6/c1-16(2)20-11-9-18(5)13-23(20)33-26(29)22-15-28(31-7,32-8)25(22)27(30)34-24-14-19(6)10-12-21(24)17(3)4/h16-25H,9-15H2,1-8H3/t18-,19-,20+,21+,22-,23-,24-,25+/m1/s1. The molecule has 3 aliphatic carbocycles. The maximum absolute atomic E-state index is 13.5. The van der Waals surface area contributed by atoms with Gasteiger partial charge in [0.05, 0.1) is 5.92 Å². The zero-order chi connectivity index (χ0) is 25.2.